The Morgan fingerprint density at radius 1 is 1.21 bits per heavy atom. The van der Waals surface area contributed by atoms with Crippen molar-refractivity contribution in [3.8, 4) is 0 Å². The monoisotopic (exact) mass is 490 g/mol. The molecule has 0 atom stereocenters. The lowest BCUT2D eigenvalue weighted by Crippen LogP contribution is -2.16. The molecule has 10 heteroatoms. The van der Waals surface area contributed by atoms with E-state index in [1.165, 1.54) is 23.5 Å². The SMILES string of the molecule is C=CCn1c(=NC(=O)CCCS(=O)(=O)c2ccc(F)cc2)sc2cc(C(=O)OCC)ccc21. The first-order chi connectivity index (χ1) is 15.7. The molecule has 3 rings (SSSR count). The zero-order valence-corrected chi connectivity index (χ0v) is 19.6. The molecule has 2 aromatic carbocycles. The van der Waals surface area contributed by atoms with E-state index in [-0.39, 0.29) is 30.1 Å². The number of carbonyl (C=O) groups excluding carboxylic acids is 2. The summed E-state index contributed by atoms with van der Waals surface area (Å²) in [7, 11) is -3.62. The van der Waals surface area contributed by atoms with Crippen LogP contribution in [-0.2, 0) is 25.9 Å². The Morgan fingerprint density at radius 3 is 2.61 bits per heavy atom. The molecule has 0 aliphatic rings. The van der Waals surface area contributed by atoms with Gasteiger partial charge in [-0.3, -0.25) is 4.79 Å². The van der Waals surface area contributed by atoms with E-state index in [9.17, 15) is 22.4 Å². The van der Waals surface area contributed by atoms with E-state index in [0.717, 1.165) is 22.3 Å². The summed E-state index contributed by atoms with van der Waals surface area (Å²) >= 11 is 1.25. The van der Waals surface area contributed by atoms with Crippen molar-refractivity contribution in [2.45, 2.75) is 31.2 Å². The highest BCUT2D eigenvalue weighted by atomic mass is 32.2. The zero-order chi connectivity index (χ0) is 24.0. The minimum absolute atomic E-state index is 0.0130. The molecule has 1 aromatic heterocycles. The zero-order valence-electron chi connectivity index (χ0n) is 18.0. The third kappa shape index (κ3) is 6.02. The molecule has 3 aromatic rings. The predicted molar refractivity (Wildman–Crippen MR) is 124 cm³/mol. The molecule has 0 unspecified atom stereocenters. The average Bonchev–Trinajstić information content (AvgIpc) is 3.10. The van der Waals surface area contributed by atoms with Gasteiger partial charge in [-0.2, -0.15) is 4.99 Å². The van der Waals surface area contributed by atoms with Gasteiger partial charge in [0, 0.05) is 13.0 Å². The average molecular weight is 491 g/mol. The van der Waals surface area contributed by atoms with Crippen LogP contribution in [0.4, 0.5) is 4.39 Å². The Morgan fingerprint density at radius 2 is 1.94 bits per heavy atom. The van der Waals surface area contributed by atoms with Crippen molar-refractivity contribution in [3.63, 3.8) is 0 Å². The number of amides is 1. The molecular weight excluding hydrogens is 467 g/mol. The summed E-state index contributed by atoms with van der Waals surface area (Å²) < 4.78 is 45.3. The van der Waals surface area contributed by atoms with Gasteiger partial charge in [0.25, 0.3) is 0 Å². The molecule has 0 aliphatic heterocycles. The summed E-state index contributed by atoms with van der Waals surface area (Å²) in [6, 6.07) is 9.68. The molecule has 0 radical (unpaired) electrons. The number of hydrogen-bond donors (Lipinski definition) is 0. The Kier molecular flexibility index (Phi) is 7.93. The van der Waals surface area contributed by atoms with Crippen molar-refractivity contribution in [3.05, 3.63) is 71.3 Å². The van der Waals surface area contributed by atoms with Crippen LogP contribution in [0.3, 0.4) is 0 Å². The minimum Gasteiger partial charge on any atom is -0.462 e. The second kappa shape index (κ2) is 10.7. The summed E-state index contributed by atoms with van der Waals surface area (Å²) in [6.45, 7) is 6.14. The topological polar surface area (TPSA) is 94.8 Å². The highest BCUT2D eigenvalue weighted by Crippen LogP contribution is 2.20. The fourth-order valence-electron chi connectivity index (χ4n) is 3.14. The maximum atomic E-state index is 13.0. The van der Waals surface area contributed by atoms with Crippen molar-refractivity contribution in [2.24, 2.45) is 4.99 Å². The van der Waals surface area contributed by atoms with Crippen LogP contribution in [0, 0.1) is 5.82 Å². The number of halogens is 1. The van der Waals surface area contributed by atoms with Gasteiger partial charge in [0.15, 0.2) is 14.6 Å². The van der Waals surface area contributed by atoms with Gasteiger partial charge < -0.3 is 9.30 Å². The van der Waals surface area contributed by atoms with Gasteiger partial charge in [-0.15, -0.1) is 6.58 Å². The van der Waals surface area contributed by atoms with Crippen LogP contribution >= 0.6 is 11.3 Å². The van der Waals surface area contributed by atoms with Crippen molar-refractivity contribution < 1.29 is 27.1 Å². The minimum atomic E-state index is -3.62. The van der Waals surface area contributed by atoms with Crippen LogP contribution in [0.1, 0.15) is 30.1 Å². The van der Waals surface area contributed by atoms with Gasteiger partial charge in [0.1, 0.15) is 5.82 Å². The number of thiazole rings is 1. The van der Waals surface area contributed by atoms with Crippen molar-refractivity contribution in [1.82, 2.24) is 4.57 Å². The molecule has 0 N–H and O–H groups in total. The molecule has 0 aliphatic carbocycles. The van der Waals surface area contributed by atoms with E-state index in [2.05, 4.69) is 11.6 Å². The Labute approximate surface area is 194 Å². The first-order valence-corrected chi connectivity index (χ1v) is 12.7. The van der Waals surface area contributed by atoms with E-state index in [4.69, 9.17) is 4.74 Å². The van der Waals surface area contributed by atoms with E-state index in [1.807, 2.05) is 0 Å². The quantitative estimate of drug-likeness (QED) is 0.258. The molecule has 1 amide bonds. The third-order valence-corrected chi connectivity index (χ3v) is 7.56. The molecule has 0 fully saturated rings. The number of ether oxygens (including phenoxy) is 1. The third-order valence-electron chi connectivity index (χ3n) is 4.70. The summed E-state index contributed by atoms with van der Waals surface area (Å²) in [6.07, 6.45) is 1.70. The fourth-order valence-corrected chi connectivity index (χ4v) is 5.55. The van der Waals surface area contributed by atoms with Crippen LogP contribution in [0.5, 0.6) is 0 Å². The van der Waals surface area contributed by atoms with E-state index >= 15 is 0 Å². The summed E-state index contributed by atoms with van der Waals surface area (Å²) in [5.41, 5.74) is 1.19. The lowest BCUT2D eigenvalue weighted by atomic mass is 10.2. The number of esters is 1. The standard InChI is InChI=1S/C23H23FN2O5S2/c1-3-13-26-19-12-7-16(22(28)31-4-2)15-20(19)32-23(26)25-21(27)6-5-14-33(29,30)18-10-8-17(24)9-11-18/h3,7-12,15H,1,4-6,13-14H2,2H3. The number of carbonyl (C=O) groups is 2. The number of sulfone groups is 1. The smallest absolute Gasteiger partial charge is 0.338 e. The molecule has 0 spiro atoms. The van der Waals surface area contributed by atoms with Crippen LogP contribution in [0.15, 0.2) is 65.0 Å². The van der Waals surface area contributed by atoms with Gasteiger partial charge in [0.2, 0.25) is 5.91 Å². The van der Waals surface area contributed by atoms with E-state index in [0.29, 0.717) is 16.9 Å². The fraction of sp³-hybridized carbons (Fsp3) is 0.261. The van der Waals surface area contributed by atoms with E-state index in [1.54, 1.807) is 35.8 Å². The number of benzene rings is 2. The van der Waals surface area contributed by atoms with Crippen LogP contribution in [0.2, 0.25) is 0 Å². The highest BCUT2D eigenvalue weighted by molar-refractivity contribution is 7.91. The van der Waals surface area contributed by atoms with Crippen molar-refractivity contribution in [1.29, 1.82) is 0 Å². The molecule has 0 saturated carbocycles. The maximum Gasteiger partial charge on any atom is 0.338 e. The summed E-state index contributed by atoms with van der Waals surface area (Å²) in [5.74, 6) is -1.66. The van der Waals surface area contributed by atoms with Crippen LogP contribution < -0.4 is 4.80 Å². The maximum absolute atomic E-state index is 13.0. The molecule has 174 valence electrons. The molecule has 33 heavy (non-hydrogen) atoms. The van der Waals surface area contributed by atoms with Crippen LogP contribution in [0.25, 0.3) is 10.2 Å². The van der Waals surface area contributed by atoms with Gasteiger partial charge in [-0.05, 0) is 55.8 Å². The Balaban J connectivity index is 1.78. The molecule has 1 heterocycles. The van der Waals surface area contributed by atoms with Crippen LogP contribution in [-0.4, -0.2) is 37.2 Å². The Bertz CT molecular complexity index is 1360. The number of nitrogens with zero attached hydrogens (tertiary/aromatic N) is 2. The lowest BCUT2D eigenvalue weighted by Gasteiger charge is -2.04. The number of hydrogen-bond acceptors (Lipinski definition) is 6. The molecule has 0 saturated heterocycles. The second-order valence-electron chi connectivity index (χ2n) is 7.07. The van der Waals surface area contributed by atoms with Crippen molar-refractivity contribution in [2.75, 3.05) is 12.4 Å². The van der Waals surface area contributed by atoms with E-state index < -0.39 is 27.5 Å². The number of rotatable bonds is 9. The lowest BCUT2D eigenvalue weighted by molar-refractivity contribution is -0.118. The largest absolute Gasteiger partial charge is 0.462 e. The van der Waals surface area contributed by atoms with Gasteiger partial charge in [0.05, 0.1) is 33.0 Å². The molecular formula is C23H23FN2O5S2. The normalized spacial score (nSPS) is 12.1. The summed E-state index contributed by atoms with van der Waals surface area (Å²) in [4.78, 5) is 29.1. The molecule has 7 nitrogen and oxygen atoms in total. The van der Waals surface area contributed by atoms with Crippen molar-refractivity contribution >= 4 is 43.3 Å². The number of fused-ring (bicyclic) bond motifs is 1. The first kappa shape index (κ1) is 24.5. The predicted octanol–water partition coefficient (Wildman–Crippen LogP) is 3.89. The van der Waals surface area contributed by atoms with Gasteiger partial charge in [-0.1, -0.05) is 17.4 Å². The molecule has 0 bridgehead atoms. The summed E-state index contributed by atoms with van der Waals surface area (Å²) in [5, 5.41) is 0. The first-order valence-electron chi connectivity index (χ1n) is 10.2. The van der Waals surface area contributed by atoms with Gasteiger partial charge in [-0.25, -0.2) is 17.6 Å². The Hall–Kier alpha value is -3.11. The number of allylic oxidation sites excluding steroid dienone is 1. The van der Waals surface area contributed by atoms with Gasteiger partial charge >= 0.3 is 5.97 Å². The second-order valence-corrected chi connectivity index (χ2v) is 10.2. The number of aromatic nitrogens is 1. The highest BCUT2D eigenvalue weighted by Gasteiger charge is 2.16.